The molecule has 0 saturated carbocycles. The first-order valence-electron chi connectivity index (χ1n) is 7.67. The van der Waals surface area contributed by atoms with Crippen LogP contribution in [-0.4, -0.2) is 28.5 Å². The number of aromatic nitrogens is 2. The highest BCUT2D eigenvalue weighted by molar-refractivity contribution is 7.12. The minimum absolute atomic E-state index is 0.0544. The SMILES string of the molecule is O=C(NCC1Cc2cccc(-c3cncnc3)c2O1)c1cccs1. The molecular formula is C18H15N3O2S. The summed E-state index contributed by atoms with van der Waals surface area (Å²) in [7, 11) is 0. The Kier molecular flexibility index (Phi) is 3.96. The molecule has 0 fully saturated rings. The summed E-state index contributed by atoms with van der Waals surface area (Å²) in [6.45, 7) is 0.482. The van der Waals surface area contributed by atoms with Crippen molar-refractivity contribution in [2.75, 3.05) is 6.54 Å². The Morgan fingerprint density at radius 3 is 2.92 bits per heavy atom. The number of hydrogen-bond acceptors (Lipinski definition) is 5. The Hall–Kier alpha value is -2.73. The number of nitrogens with zero attached hydrogens (tertiary/aromatic N) is 2. The van der Waals surface area contributed by atoms with Gasteiger partial charge < -0.3 is 10.1 Å². The van der Waals surface area contributed by atoms with E-state index in [-0.39, 0.29) is 12.0 Å². The summed E-state index contributed by atoms with van der Waals surface area (Å²) in [6, 6.07) is 9.76. The summed E-state index contributed by atoms with van der Waals surface area (Å²) in [5.74, 6) is 0.809. The molecule has 24 heavy (non-hydrogen) atoms. The topological polar surface area (TPSA) is 64.1 Å². The number of amides is 1. The van der Waals surface area contributed by atoms with Crippen LogP contribution in [0.25, 0.3) is 11.1 Å². The molecule has 1 atom stereocenters. The second kappa shape index (κ2) is 6.41. The Balaban J connectivity index is 1.47. The summed E-state index contributed by atoms with van der Waals surface area (Å²) < 4.78 is 6.09. The van der Waals surface area contributed by atoms with Crippen LogP contribution in [0.5, 0.6) is 5.75 Å². The lowest BCUT2D eigenvalue weighted by Gasteiger charge is -2.13. The van der Waals surface area contributed by atoms with Crippen LogP contribution in [0.2, 0.25) is 0 Å². The molecule has 1 amide bonds. The molecule has 0 spiro atoms. The molecule has 2 aromatic heterocycles. The van der Waals surface area contributed by atoms with Gasteiger partial charge in [-0.3, -0.25) is 4.79 Å². The number of hydrogen-bond donors (Lipinski definition) is 1. The molecule has 0 radical (unpaired) electrons. The van der Waals surface area contributed by atoms with Gasteiger partial charge in [-0.25, -0.2) is 9.97 Å². The summed E-state index contributed by atoms with van der Waals surface area (Å²) in [5.41, 5.74) is 3.06. The van der Waals surface area contributed by atoms with Crippen molar-refractivity contribution in [3.8, 4) is 16.9 Å². The first-order valence-corrected chi connectivity index (χ1v) is 8.55. The van der Waals surface area contributed by atoms with Crippen LogP contribution in [0.15, 0.2) is 54.4 Å². The highest BCUT2D eigenvalue weighted by Gasteiger charge is 2.26. The number of para-hydroxylation sites is 1. The third kappa shape index (κ3) is 2.88. The first-order chi connectivity index (χ1) is 11.8. The van der Waals surface area contributed by atoms with E-state index in [1.165, 1.54) is 17.7 Å². The number of fused-ring (bicyclic) bond motifs is 1. The lowest BCUT2D eigenvalue weighted by atomic mass is 10.0. The predicted octanol–water partition coefficient (Wildman–Crippen LogP) is 2.94. The molecule has 1 unspecified atom stereocenters. The van der Waals surface area contributed by atoms with Crippen LogP contribution < -0.4 is 10.1 Å². The minimum atomic E-state index is -0.0605. The van der Waals surface area contributed by atoms with Crippen molar-refractivity contribution in [1.29, 1.82) is 0 Å². The molecule has 1 aliphatic rings. The molecule has 5 nitrogen and oxygen atoms in total. The molecule has 6 heteroatoms. The van der Waals surface area contributed by atoms with Crippen molar-refractivity contribution in [3.63, 3.8) is 0 Å². The summed E-state index contributed by atoms with van der Waals surface area (Å²) >= 11 is 1.43. The third-order valence-electron chi connectivity index (χ3n) is 3.94. The van der Waals surface area contributed by atoms with E-state index in [9.17, 15) is 4.79 Å². The fraction of sp³-hybridized carbons (Fsp3) is 0.167. The van der Waals surface area contributed by atoms with Crippen LogP contribution in [0.4, 0.5) is 0 Å². The Morgan fingerprint density at radius 1 is 1.25 bits per heavy atom. The quantitative estimate of drug-likeness (QED) is 0.795. The smallest absolute Gasteiger partial charge is 0.261 e. The van der Waals surface area contributed by atoms with Gasteiger partial charge in [0.15, 0.2) is 0 Å². The van der Waals surface area contributed by atoms with Crippen LogP contribution in [0.1, 0.15) is 15.2 Å². The van der Waals surface area contributed by atoms with E-state index in [1.54, 1.807) is 12.4 Å². The standard InChI is InChI=1S/C18H15N3O2S/c22-18(16-5-2-6-24-16)21-10-14-7-12-3-1-4-15(17(12)23-14)13-8-19-11-20-9-13/h1-6,8-9,11,14H,7,10H2,(H,21,22). The van der Waals surface area contributed by atoms with E-state index in [1.807, 2.05) is 29.6 Å². The van der Waals surface area contributed by atoms with Gasteiger partial charge in [-0.15, -0.1) is 11.3 Å². The van der Waals surface area contributed by atoms with Gasteiger partial charge in [0.05, 0.1) is 11.4 Å². The monoisotopic (exact) mass is 337 g/mol. The zero-order valence-corrected chi connectivity index (χ0v) is 13.6. The predicted molar refractivity (Wildman–Crippen MR) is 92.2 cm³/mol. The highest BCUT2D eigenvalue weighted by atomic mass is 32.1. The van der Waals surface area contributed by atoms with Gasteiger partial charge in [0, 0.05) is 29.9 Å². The molecule has 3 aromatic rings. The normalized spacial score (nSPS) is 15.6. The molecule has 1 aliphatic heterocycles. The van der Waals surface area contributed by atoms with Gasteiger partial charge >= 0.3 is 0 Å². The van der Waals surface area contributed by atoms with Crippen LogP contribution >= 0.6 is 11.3 Å². The Bertz CT molecular complexity index is 850. The molecule has 0 bridgehead atoms. The van der Waals surface area contributed by atoms with E-state index in [0.717, 1.165) is 28.9 Å². The third-order valence-corrected chi connectivity index (χ3v) is 4.80. The number of carbonyl (C=O) groups excluding carboxylic acids is 1. The van der Waals surface area contributed by atoms with E-state index in [2.05, 4.69) is 21.4 Å². The van der Waals surface area contributed by atoms with Crippen molar-refractivity contribution < 1.29 is 9.53 Å². The average molecular weight is 337 g/mol. The maximum atomic E-state index is 12.1. The summed E-state index contributed by atoms with van der Waals surface area (Å²) in [4.78, 5) is 20.9. The first kappa shape index (κ1) is 14.8. The molecule has 3 heterocycles. The molecule has 0 saturated heterocycles. The maximum Gasteiger partial charge on any atom is 0.261 e. The van der Waals surface area contributed by atoms with Gasteiger partial charge in [-0.1, -0.05) is 24.3 Å². The van der Waals surface area contributed by atoms with Crippen molar-refractivity contribution in [3.05, 3.63) is 64.9 Å². The number of nitrogens with one attached hydrogen (secondary N) is 1. The van der Waals surface area contributed by atoms with Gasteiger partial charge in [-0.05, 0) is 17.0 Å². The lowest BCUT2D eigenvalue weighted by Crippen LogP contribution is -2.34. The minimum Gasteiger partial charge on any atom is -0.487 e. The fourth-order valence-electron chi connectivity index (χ4n) is 2.82. The molecule has 0 aliphatic carbocycles. The van der Waals surface area contributed by atoms with Crippen molar-refractivity contribution >= 4 is 17.2 Å². The summed E-state index contributed by atoms with van der Waals surface area (Å²) in [6.07, 6.45) is 5.78. The maximum absolute atomic E-state index is 12.1. The van der Waals surface area contributed by atoms with Crippen molar-refractivity contribution in [1.82, 2.24) is 15.3 Å². The van der Waals surface area contributed by atoms with Crippen molar-refractivity contribution in [2.24, 2.45) is 0 Å². The van der Waals surface area contributed by atoms with Crippen molar-refractivity contribution in [2.45, 2.75) is 12.5 Å². The number of rotatable bonds is 4. The highest BCUT2D eigenvalue weighted by Crippen LogP contribution is 2.38. The lowest BCUT2D eigenvalue weighted by molar-refractivity contribution is 0.0937. The van der Waals surface area contributed by atoms with Gasteiger partial charge in [-0.2, -0.15) is 0 Å². The van der Waals surface area contributed by atoms with Gasteiger partial charge in [0.1, 0.15) is 18.2 Å². The molecular weight excluding hydrogens is 322 g/mol. The largest absolute Gasteiger partial charge is 0.487 e. The second-order valence-corrected chi connectivity index (χ2v) is 6.50. The second-order valence-electron chi connectivity index (χ2n) is 5.55. The van der Waals surface area contributed by atoms with E-state index >= 15 is 0 Å². The number of carbonyl (C=O) groups is 1. The number of thiophene rings is 1. The van der Waals surface area contributed by atoms with Crippen LogP contribution in [0.3, 0.4) is 0 Å². The fourth-order valence-corrected chi connectivity index (χ4v) is 3.46. The van der Waals surface area contributed by atoms with E-state index in [4.69, 9.17) is 4.74 Å². The van der Waals surface area contributed by atoms with Gasteiger partial charge in [0.2, 0.25) is 0 Å². The number of benzene rings is 1. The number of ether oxygens (including phenoxy) is 1. The molecule has 1 N–H and O–H groups in total. The van der Waals surface area contributed by atoms with E-state index in [0.29, 0.717) is 11.4 Å². The molecule has 4 rings (SSSR count). The van der Waals surface area contributed by atoms with Crippen LogP contribution in [-0.2, 0) is 6.42 Å². The zero-order chi connectivity index (χ0) is 16.4. The Morgan fingerprint density at radius 2 is 2.12 bits per heavy atom. The average Bonchev–Trinajstić information content (AvgIpc) is 3.29. The zero-order valence-electron chi connectivity index (χ0n) is 12.8. The Labute approximate surface area is 143 Å². The van der Waals surface area contributed by atoms with Gasteiger partial charge in [0.25, 0.3) is 5.91 Å². The van der Waals surface area contributed by atoms with Crippen LogP contribution in [0, 0.1) is 0 Å². The molecule has 120 valence electrons. The van der Waals surface area contributed by atoms with E-state index < -0.39 is 0 Å². The summed E-state index contributed by atoms with van der Waals surface area (Å²) in [5, 5.41) is 4.84. The molecule has 1 aromatic carbocycles.